The van der Waals surface area contributed by atoms with E-state index in [4.69, 9.17) is 4.84 Å². The number of benzene rings is 3. The van der Waals surface area contributed by atoms with Crippen LogP contribution in [0.3, 0.4) is 0 Å². The van der Waals surface area contributed by atoms with E-state index in [-0.39, 0.29) is 24.5 Å². The molecule has 2 N–H and O–H groups in total. The van der Waals surface area contributed by atoms with Gasteiger partial charge >= 0.3 is 0 Å². The molecule has 3 aromatic rings. The summed E-state index contributed by atoms with van der Waals surface area (Å²) in [7, 11) is -3.86. The van der Waals surface area contributed by atoms with Gasteiger partial charge in [-0.3, -0.25) is 14.4 Å². The van der Waals surface area contributed by atoms with Crippen LogP contribution in [0.4, 0.5) is 0 Å². The van der Waals surface area contributed by atoms with Crippen molar-refractivity contribution in [2.75, 3.05) is 6.54 Å². The van der Waals surface area contributed by atoms with Crippen molar-refractivity contribution in [1.29, 1.82) is 0 Å². The molecule has 194 valence electrons. The number of aryl methyl sites for hydroxylation is 1. The van der Waals surface area contributed by atoms with E-state index in [9.17, 15) is 18.0 Å². The van der Waals surface area contributed by atoms with E-state index in [1.807, 2.05) is 67.6 Å². The predicted octanol–water partition coefficient (Wildman–Crippen LogP) is 3.12. The van der Waals surface area contributed by atoms with Crippen LogP contribution in [0.25, 0.3) is 0 Å². The number of carbonyl (C=O) groups excluding carboxylic acids is 2. The average Bonchev–Trinajstić information content (AvgIpc) is 3.41. The Kier molecular flexibility index (Phi) is 8.70. The maximum Gasteiger partial charge on any atom is 0.266 e. The summed E-state index contributed by atoms with van der Waals surface area (Å²) in [5.74, 6) is -1.02. The van der Waals surface area contributed by atoms with Gasteiger partial charge in [-0.05, 0) is 43.0 Å². The highest BCUT2D eigenvalue weighted by Gasteiger charge is 2.40. The first kappa shape index (κ1) is 26.5. The zero-order valence-corrected chi connectivity index (χ0v) is 21.5. The SMILES string of the molecule is Cc1ccc(S(=O)(=O)N2CCC[C@H]2C(=O)N[C@@H](Cc2ccccc2)C(=O)NOCc2ccccc2)cc1. The minimum absolute atomic E-state index is 0.144. The van der Waals surface area contributed by atoms with Gasteiger partial charge in [0.05, 0.1) is 11.5 Å². The molecule has 0 unspecified atom stereocenters. The Morgan fingerprint density at radius 3 is 2.22 bits per heavy atom. The summed E-state index contributed by atoms with van der Waals surface area (Å²) in [5, 5.41) is 2.78. The first-order valence-electron chi connectivity index (χ1n) is 12.2. The molecule has 4 rings (SSSR count). The number of amides is 2. The maximum atomic E-state index is 13.4. The maximum absolute atomic E-state index is 13.4. The summed E-state index contributed by atoms with van der Waals surface area (Å²) in [6, 6.07) is 23.4. The fraction of sp³-hybridized carbons (Fsp3) is 0.286. The van der Waals surface area contributed by atoms with Gasteiger partial charge in [0.2, 0.25) is 15.9 Å². The average molecular weight is 522 g/mol. The van der Waals surface area contributed by atoms with Crippen molar-refractivity contribution >= 4 is 21.8 Å². The highest BCUT2D eigenvalue weighted by atomic mass is 32.2. The monoisotopic (exact) mass is 521 g/mol. The molecule has 1 aliphatic rings. The van der Waals surface area contributed by atoms with Crippen LogP contribution in [0.15, 0.2) is 89.8 Å². The van der Waals surface area contributed by atoms with Gasteiger partial charge < -0.3 is 5.32 Å². The lowest BCUT2D eigenvalue weighted by Crippen LogP contribution is -2.53. The number of hydrogen-bond acceptors (Lipinski definition) is 5. The van der Waals surface area contributed by atoms with Gasteiger partial charge in [0.1, 0.15) is 12.1 Å². The largest absolute Gasteiger partial charge is 0.342 e. The Morgan fingerprint density at radius 2 is 1.57 bits per heavy atom. The first-order chi connectivity index (χ1) is 17.8. The molecule has 1 saturated heterocycles. The molecule has 2 amide bonds. The number of carbonyl (C=O) groups is 2. The van der Waals surface area contributed by atoms with E-state index in [1.54, 1.807) is 24.3 Å². The highest BCUT2D eigenvalue weighted by molar-refractivity contribution is 7.89. The summed E-state index contributed by atoms with van der Waals surface area (Å²) in [5.41, 5.74) is 5.11. The van der Waals surface area contributed by atoms with E-state index in [0.717, 1.165) is 16.7 Å². The number of rotatable bonds is 10. The molecule has 1 aliphatic heterocycles. The molecule has 2 atom stereocenters. The molecule has 0 aromatic heterocycles. The van der Waals surface area contributed by atoms with Crippen LogP contribution in [-0.4, -0.2) is 43.2 Å². The van der Waals surface area contributed by atoms with Gasteiger partial charge in [-0.25, -0.2) is 13.9 Å². The second-order valence-electron chi connectivity index (χ2n) is 9.08. The lowest BCUT2D eigenvalue weighted by atomic mass is 10.0. The van der Waals surface area contributed by atoms with Gasteiger partial charge in [-0.15, -0.1) is 0 Å². The number of hydrogen-bond donors (Lipinski definition) is 2. The van der Waals surface area contributed by atoms with Crippen LogP contribution in [0.5, 0.6) is 0 Å². The van der Waals surface area contributed by atoms with Crippen molar-refractivity contribution in [3.63, 3.8) is 0 Å². The molecule has 8 nitrogen and oxygen atoms in total. The van der Waals surface area contributed by atoms with Gasteiger partial charge in [0.15, 0.2) is 0 Å². The normalized spacial score (nSPS) is 16.7. The van der Waals surface area contributed by atoms with Crippen LogP contribution in [0, 0.1) is 6.92 Å². The summed E-state index contributed by atoms with van der Waals surface area (Å²) in [6.07, 6.45) is 1.16. The van der Waals surface area contributed by atoms with E-state index in [1.165, 1.54) is 4.31 Å². The Bertz CT molecular complexity index is 1300. The van der Waals surface area contributed by atoms with E-state index in [2.05, 4.69) is 10.8 Å². The van der Waals surface area contributed by atoms with Gasteiger partial charge in [-0.2, -0.15) is 4.31 Å². The smallest absolute Gasteiger partial charge is 0.266 e. The molecule has 0 saturated carbocycles. The summed E-state index contributed by atoms with van der Waals surface area (Å²) < 4.78 is 27.8. The third-order valence-electron chi connectivity index (χ3n) is 6.30. The molecular weight excluding hydrogens is 490 g/mol. The van der Waals surface area contributed by atoms with Crippen molar-refractivity contribution < 1.29 is 22.8 Å². The molecular formula is C28H31N3O5S. The predicted molar refractivity (Wildman–Crippen MR) is 140 cm³/mol. The van der Waals surface area contributed by atoms with Crippen LogP contribution in [0.1, 0.15) is 29.5 Å². The highest BCUT2D eigenvalue weighted by Crippen LogP contribution is 2.26. The Labute approximate surface area is 217 Å². The van der Waals surface area contributed by atoms with Gasteiger partial charge in [0.25, 0.3) is 5.91 Å². The summed E-state index contributed by atoms with van der Waals surface area (Å²) in [6.45, 7) is 2.29. The Balaban J connectivity index is 1.47. The number of nitrogens with one attached hydrogen (secondary N) is 2. The quantitative estimate of drug-likeness (QED) is 0.399. The fourth-order valence-corrected chi connectivity index (χ4v) is 5.95. The minimum atomic E-state index is -3.86. The van der Waals surface area contributed by atoms with Crippen LogP contribution in [0.2, 0.25) is 0 Å². The lowest BCUT2D eigenvalue weighted by Gasteiger charge is -2.26. The van der Waals surface area contributed by atoms with Gasteiger partial charge in [0, 0.05) is 13.0 Å². The molecule has 1 heterocycles. The molecule has 9 heteroatoms. The van der Waals surface area contributed by atoms with E-state index < -0.39 is 33.9 Å². The van der Waals surface area contributed by atoms with Crippen LogP contribution < -0.4 is 10.8 Å². The zero-order chi connectivity index (χ0) is 26.3. The van der Waals surface area contributed by atoms with E-state index in [0.29, 0.717) is 12.8 Å². The molecule has 0 spiro atoms. The molecule has 0 radical (unpaired) electrons. The molecule has 3 aromatic carbocycles. The number of nitrogens with zero attached hydrogens (tertiary/aromatic N) is 1. The van der Waals surface area contributed by atoms with E-state index >= 15 is 0 Å². The summed E-state index contributed by atoms with van der Waals surface area (Å²) >= 11 is 0. The third kappa shape index (κ3) is 6.82. The van der Waals surface area contributed by atoms with Crippen LogP contribution >= 0.6 is 0 Å². The second-order valence-corrected chi connectivity index (χ2v) is 11.0. The van der Waals surface area contributed by atoms with Crippen molar-refractivity contribution in [2.24, 2.45) is 0 Å². The van der Waals surface area contributed by atoms with Crippen molar-refractivity contribution in [3.05, 3.63) is 102 Å². The van der Waals surface area contributed by atoms with Crippen molar-refractivity contribution in [1.82, 2.24) is 15.1 Å². The summed E-state index contributed by atoms with van der Waals surface area (Å²) in [4.78, 5) is 31.9. The second kappa shape index (κ2) is 12.1. The van der Waals surface area contributed by atoms with Crippen molar-refractivity contribution in [3.8, 4) is 0 Å². The number of hydroxylamine groups is 1. The molecule has 1 fully saturated rings. The lowest BCUT2D eigenvalue weighted by molar-refractivity contribution is -0.139. The molecule has 0 bridgehead atoms. The zero-order valence-electron chi connectivity index (χ0n) is 20.7. The topological polar surface area (TPSA) is 105 Å². The standard InChI is InChI=1S/C28H31N3O5S/c1-21-14-16-24(17-15-21)37(34,35)31-18-8-13-26(31)28(33)29-25(19-22-9-4-2-5-10-22)27(32)30-36-20-23-11-6-3-7-12-23/h2-7,9-12,14-17,25-26H,8,13,18-20H2,1H3,(H,29,33)(H,30,32)/t25-,26-/m0/s1. The fourth-order valence-electron chi connectivity index (χ4n) is 4.30. The Hall–Kier alpha value is -3.53. The number of sulfonamides is 1. The van der Waals surface area contributed by atoms with Crippen LogP contribution in [-0.2, 0) is 37.5 Å². The van der Waals surface area contributed by atoms with Crippen molar-refractivity contribution in [2.45, 2.75) is 49.8 Å². The van der Waals surface area contributed by atoms with Gasteiger partial charge in [-0.1, -0.05) is 78.4 Å². The molecule has 0 aliphatic carbocycles. The third-order valence-corrected chi connectivity index (χ3v) is 8.23. The minimum Gasteiger partial charge on any atom is -0.342 e. The molecule has 37 heavy (non-hydrogen) atoms. The Morgan fingerprint density at radius 1 is 0.946 bits per heavy atom. The first-order valence-corrected chi connectivity index (χ1v) is 13.7.